The van der Waals surface area contributed by atoms with E-state index < -0.39 is 11.6 Å². The van der Waals surface area contributed by atoms with Crippen molar-refractivity contribution in [3.8, 4) is 0 Å². The van der Waals surface area contributed by atoms with Gasteiger partial charge in [-0.2, -0.15) is 0 Å². The molecule has 3 nitrogen and oxygen atoms in total. The lowest BCUT2D eigenvalue weighted by molar-refractivity contribution is -0.176. The molecule has 0 spiro atoms. The molecule has 0 saturated heterocycles. The van der Waals surface area contributed by atoms with E-state index in [1.807, 2.05) is 13.8 Å². The number of rotatable bonds is 3. The third kappa shape index (κ3) is 5.28. The normalized spacial score (nSPS) is 22.9. The van der Waals surface area contributed by atoms with Crippen LogP contribution < -0.4 is 0 Å². The Hall–Kier alpha value is -0.570. The van der Waals surface area contributed by atoms with Crippen molar-refractivity contribution in [3.63, 3.8) is 0 Å². The highest BCUT2D eigenvalue weighted by Gasteiger charge is 2.46. The van der Waals surface area contributed by atoms with Crippen LogP contribution in [0.5, 0.6) is 0 Å². The fourth-order valence-electron chi connectivity index (χ4n) is 3.64. The summed E-state index contributed by atoms with van der Waals surface area (Å²) in [6.07, 6.45) is 13.1. The van der Waals surface area contributed by atoms with E-state index in [0.717, 1.165) is 25.7 Å². The van der Waals surface area contributed by atoms with Gasteiger partial charge in [-0.3, -0.25) is 0 Å². The molecule has 1 saturated carbocycles. The van der Waals surface area contributed by atoms with Crippen molar-refractivity contribution in [2.75, 3.05) is 7.11 Å². The first-order valence-electron chi connectivity index (χ1n) is 8.84. The lowest BCUT2D eigenvalue weighted by Crippen LogP contribution is -2.51. The summed E-state index contributed by atoms with van der Waals surface area (Å²) in [5.74, 6) is -0.526. The SMILES string of the molecule is COC(=O)C(O)(C(C)C)C1CCCCCCCCCCC1. The molecule has 3 heteroatoms. The molecule has 1 aliphatic carbocycles. The maximum absolute atomic E-state index is 12.2. The summed E-state index contributed by atoms with van der Waals surface area (Å²) in [5, 5.41) is 11.0. The van der Waals surface area contributed by atoms with E-state index in [9.17, 15) is 9.90 Å². The first kappa shape index (κ1) is 18.5. The molecule has 0 heterocycles. The van der Waals surface area contributed by atoms with Crippen molar-refractivity contribution in [1.82, 2.24) is 0 Å². The number of esters is 1. The van der Waals surface area contributed by atoms with Crippen LogP contribution in [0.4, 0.5) is 0 Å². The molecule has 0 bridgehead atoms. The third-order valence-corrected chi connectivity index (χ3v) is 5.12. The van der Waals surface area contributed by atoms with E-state index in [1.54, 1.807) is 0 Å². The average Bonchev–Trinajstić information content (AvgIpc) is 2.46. The number of methoxy groups -OCH3 is 1. The molecule has 1 rings (SSSR count). The van der Waals surface area contributed by atoms with Gasteiger partial charge in [0.15, 0.2) is 5.60 Å². The van der Waals surface area contributed by atoms with Gasteiger partial charge in [-0.1, -0.05) is 71.6 Å². The van der Waals surface area contributed by atoms with E-state index in [-0.39, 0.29) is 11.8 Å². The van der Waals surface area contributed by atoms with Gasteiger partial charge in [-0.25, -0.2) is 4.79 Å². The van der Waals surface area contributed by atoms with Crippen molar-refractivity contribution in [3.05, 3.63) is 0 Å². The molecule has 1 fully saturated rings. The van der Waals surface area contributed by atoms with Gasteiger partial charge in [-0.05, 0) is 24.7 Å². The standard InChI is InChI=1S/C18H34O3/c1-15(2)18(20,17(19)21-3)16-13-11-9-7-5-4-6-8-10-12-14-16/h15-16,20H,4-14H2,1-3H3. The van der Waals surface area contributed by atoms with E-state index in [0.29, 0.717) is 0 Å². The second kappa shape index (κ2) is 9.45. The quantitative estimate of drug-likeness (QED) is 0.782. The summed E-state index contributed by atoms with van der Waals surface area (Å²) < 4.78 is 4.91. The summed E-state index contributed by atoms with van der Waals surface area (Å²) in [5.41, 5.74) is -1.32. The summed E-state index contributed by atoms with van der Waals surface area (Å²) in [6, 6.07) is 0. The molecule has 1 unspecified atom stereocenters. The molecular formula is C18H34O3. The van der Waals surface area contributed by atoms with Gasteiger partial charge >= 0.3 is 5.97 Å². The van der Waals surface area contributed by atoms with Crippen molar-refractivity contribution in [1.29, 1.82) is 0 Å². The Morgan fingerprint density at radius 1 is 0.952 bits per heavy atom. The molecule has 1 N–H and O–H groups in total. The smallest absolute Gasteiger partial charge is 0.338 e. The Balaban J connectivity index is 2.77. The van der Waals surface area contributed by atoms with Crippen LogP contribution in [0.15, 0.2) is 0 Å². The number of aliphatic hydroxyl groups is 1. The molecule has 1 atom stereocenters. The van der Waals surface area contributed by atoms with Crippen molar-refractivity contribution >= 4 is 5.97 Å². The van der Waals surface area contributed by atoms with Crippen molar-refractivity contribution in [2.45, 2.75) is 90.1 Å². The Labute approximate surface area is 130 Å². The Morgan fingerprint density at radius 2 is 1.33 bits per heavy atom. The molecule has 124 valence electrons. The van der Waals surface area contributed by atoms with Gasteiger partial charge in [0.25, 0.3) is 0 Å². The van der Waals surface area contributed by atoms with Gasteiger partial charge in [0.1, 0.15) is 0 Å². The van der Waals surface area contributed by atoms with Crippen LogP contribution in [-0.4, -0.2) is 23.8 Å². The van der Waals surface area contributed by atoms with Crippen LogP contribution >= 0.6 is 0 Å². The van der Waals surface area contributed by atoms with E-state index in [2.05, 4.69) is 0 Å². The van der Waals surface area contributed by atoms with E-state index >= 15 is 0 Å². The van der Waals surface area contributed by atoms with Crippen LogP contribution in [0.1, 0.15) is 84.5 Å². The number of carbonyl (C=O) groups is 1. The molecular weight excluding hydrogens is 264 g/mol. The van der Waals surface area contributed by atoms with Crippen LogP contribution in [0.25, 0.3) is 0 Å². The third-order valence-electron chi connectivity index (χ3n) is 5.12. The molecule has 1 aliphatic rings. The minimum absolute atomic E-state index is 0.0318. The lowest BCUT2D eigenvalue weighted by Gasteiger charge is -2.37. The number of ether oxygens (including phenoxy) is 1. The second-order valence-electron chi connectivity index (χ2n) is 6.93. The first-order valence-corrected chi connectivity index (χ1v) is 8.84. The Kier molecular flexibility index (Phi) is 8.31. The predicted molar refractivity (Wildman–Crippen MR) is 86.1 cm³/mol. The summed E-state index contributed by atoms with van der Waals surface area (Å²) in [7, 11) is 1.38. The monoisotopic (exact) mass is 298 g/mol. The molecule has 0 aromatic heterocycles. The zero-order valence-electron chi connectivity index (χ0n) is 14.2. The highest BCUT2D eigenvalue weighted by molar-refractivity contribution is 5.79. The molecule has 0 radical (unpaired) electrons. The molecule has 0 aromatic carbocycles. The van der Waals surface area contributed by atoms with Gasteiger partial charge in [0, 0.05) is 0 Å². The fourth-order valence-corrected chi connectivity index (χ4v) is 3.64. The van der Waals surface area contributed by atoms with Crippen LogP contribution in [-0.2, 0) is 9.53 Å². The molecule has 0 amide bonds. The van der Waals surface area contributed by atoms with E-state index in [1.165, 1.54) is 52.1 Å². The molecule has 0 aromatic rings. The van der Waals surface area contributed by atoms with Gasteiger partial charge in [0.2, 0.25) is 0 Å². The summed E-state index contributed by atoms with van der Waals surface area (Å²) in [4.78, 5) is 12.2. The number of hydrogen-bond acceptors (Lipinski definition) is 3. The molecule has 0 aliphatic heterocycles. The largest absolute Gasteiger partial charge is 0.467 e. The van der Waals surface area contributed by atoms with Crippen molar-refractivity contribution < 1.29 is 14.6 Å². The lowest BCUT2D eigenvalue weighted by atomic mass is 9.73. The summed E-state index contributed by atoms with van der Waals surface area (Å²) in [6.45, 7) is 3.85. The van der Waals surface area contributed by atoms with Crippen LogP contribution in [0.2, 0.25) is 0 Å². The predicted octanol–water partition coefficient (Wildman–Crippen LogP) is 4.47. The highest BCUT2D eigenvalue weighted by Crippen LogP contribution is 2.35. The number of hydrogen-bond donors (Lipinski definition) is 1. The minimum Gasteiger partial charge on any atom is -0.467 e. The Bertz CT molecular complexity index is 289. The zero-order valence-corrected chi connectivity index (χ0v) is 14.2. The summed E-state index contributed by atoms with van der Waals surface area (Å²) >= 11 is 0. The highest BCUT2D eigenvalue weighted by atomic mass is 16.5. The van der Waals surface area contributed by atoms with Crippen molar-refractivity contribution in [2.24, 2.45) is 11.8 Å². The maximum atomic E-state index is 12.2. The molecule has 21 heavy (non-hydrogen) atoms. The fraction of sp³-hybridized carbons (Fsp3) is 0.944. The minimum atomic E-state index is -1.32. The average molecular weight is 298 g/mol. The van der Waals surface area contributed by atoms with Gasteiger partial charge in [-0.15, -0.1) is 0 Å². The Morgan fingerprint density at radius 3 is 1.67 bits per heavy atom. The van der Waals surface area contributed by atoms with E-state index in [4.69, 9.17) is 4.74 Å². The first-order chi connectivity index (χ1) is 10.0. The van der Waals surface area contributed by atoms with Crippen LogP contribution in [0, 0.1) is 11.8 Å². The van der Waals surface area contributed by atoms with Gasteiger partial charge < -0.3 is 9.84 Å². The van der Waals surface area contributed by atoms with Gasteiger partial charge in [0.05, 0.1) is 7.11 Å². The maximum Gasteiger partial charge on any atom is 0.338 e. The second-order valence-corrected chi connectivity index (χ2v) is 6.93. The van der Waals surface area contributed by atoms with Crippen LogP contribution in [0.3, 0.4) is 0 Å². The topological polar surface area (TPSA) is 46.5 Å². The number of carbonyl (C=O) groups excluding carboxylic acids is 1. The zero-order chi connectivity index (χ0) is 15.7.